The van der Waals surface area contributed by atoms with Crippen molar-refractivity contribution in [2.75, 3.05) is 12.3 Å². The molecule has 0 unspecified atom stereocenters. The van der Waals surface area contributed by atoms with Crippen LogP contribution in [0.2, 0.25) is 0 Å². The van der Waals surface area contributed by atoms with E-state index in [1.165, 1.54) is 5.56 Å². The lowest BCUT2D eigenvalue weighted by Gasteiger charge is -2.06. The topological polar surface area (TPSA) is 37.8 Å². The van der Waals surface area contributed by atoms with Gasteiger partial charge in [0.05, 0.1) is 5.52 Å². The molecule has 0 aliphatic carbocycles. The van der Waals surface area contributed by atoms with Crippen LogP contribution in [-0.2, 0) is 6.54 Å². The summed E-state index contributed by atoms with van der Waals surface area (Å²) >= 11 is 1.77. The monoisotopic (exact) mass is 295 g/mol. The molecular formula is C17H17N3S. The Hall–Kier alpha value is -1.91. The van der Waals surface area contributed by atoms with E-state index in [1.54, 1.807) is 18.1 Å². The Morgan fingerprint density at radius 3 is 2.62 bits per heavy atom. The summed E-state index contributed by atoms with van der Waals surface area (Å²) in [5, 5.41) is 5.65. The molecule has 3 nitrogen and oxygen atoms in total. The Morgan fingerprint density at radius 1 is 0.905 bits per heavy atom. The van der Waals surface area contributed by atoms with Gasteiger partial charge in [0.15, 0.2) is 0 Å². The van der Waals surface area contributed by atoms with Crippen molar-refractivity contribution >= 4 is 22.7 Å². The molecule has 0 aliphatic rings. The Balaban J connectivity index is 1.51. The fourth-order valence-electron chi connectivity index (χ4n) is 2.14. The second-order valence-electron chi connectivity index (χ2n) is 4.71. The molecule has 2 aromatic carbocycles. The lowest BCUT2D eigenvalue weighted by Crippen LogP contribution is -2.16. The quantitative estimate of drug-likeness (QED) is 0.429. The molecule has 1 aromatic heterocycles. The van der Waals surface area contributed by atoms with Crippen LogP contribution in [0.5, 0.6) is 0 Å². The summed E-state index contributed by atoms with van der Waals surface area (Å²) in [6.45, 7) is 1.86. The van der Waals surface area contributed by atoms with E-state index in [-0.39, 0.29) is 0 Å². The number of hydrogen-bond acceptors (Lipinski definition) is 4. The number of benzene rings is 2. The zero-order chi connectivity index (χ0) is 14.3. The third-order valence-corrected chi connectivity index (χ3v) is 4.20. The molecule has 1 heterocycles. The number of aromatic nitrogens is 2. The SMILES string of the molecule is c1ccc(CNCCSc2ncnc3ccccc23)cc1. The molecule has 3 aromatic rings. The molecule has 0 atom stereocenters. The predicted molar refractivity (Wildman–Crippen MR) is 88.4 cm³/mol. The van der Waals surface area contributed by atoms with Gasteiger partial charge in [0.2, 0.25) is 0 Å². The maximum absolute atomic E-state index is 4.39. The van der Waals surface area contributed by atoms with E-state index in [0.29, 0.717) is 0 Å². The van der Waals surface area contributed by atoms with E-state index < -0.39 is 0 Å². The number of nitrogens with zero attached hydrogens (tertiary/aromatic N) is 2. The van der Waals surface area contributed by atoms with Gasteiger partial charge in [-0.2, -0.15) is 0 Å². The van der Waals surface area contributed by atoms with Gasteiger partial charge in [-0.25, -0.2) is 9.97 Å². The van der Waals surface area contributed by atoms with E-state index in [9.17, 15) is 0 Å². The Bertz CT molecular complexity index is 695. The van der Waals surface area contributed by atoms with Gasteiger partial charge in [-0.1, -0.05) is 48.5 Å². The largest absolute Gasteiger partial charge is 0.312 e. The molecule has 4 heteroatoms. The van der Waals surface area contributed by atoms with E-state index in [2.05, 4.69) is 45.6 Å². The van der Waals surface area contributed by atoms with Crippen LogP contribution in [0.15, 0.2) is 66.0 Å². The van der Waals surface area contributed by atoms with Gasteiger partial charge in [0, 0.05) is 24.2 Å². The highest BCUT2D eigenvalue weighted by atomic mass is 32.2. The molecule has 0 saturated heterocycles. The molecule has 0 spiro atoms. The van der Waals surface area contributed by atoms with Crippen LogP contribution in [0.1, 0.15) is 5.56 Å². The molecule has 1 N–H and O–H groups in total. The van der Waals surface area contributed by atoms with E-state index in [0.717, 1.165) is 34.8 Å². The summed E-state index contributed by atoms with van der Waals surface area (Å²) in [7, 11) is 0. The first kappa shape index (κ1) is 14.0. The number of nitrogens with one attached hydrogen (secondary N) is 1. The number of rotatable bonds is 6. The molecule has 0 fully saturated rings. The first-order chi connectivity index (χ1) is 10.4. The maximum atomic E-state index is 4.39. The van der Waals surface area contributed by atoms with Crippen molar-refractivity contribution in [1.29, 1.82) is 0 Å². The van der Waals surface area contributed by atoms with Gasteiger partial charge in [0.25, 0.3) is 0 Å². The van der Waals surface area contributed by atoms with Crippen molar-refractivity contribution in [3.63, 3.8) is 0 Å². The molecule has 3 rings (SSSR count). The van der Waals surface area contributed by atoms with Crippen LogP contribution < -0.4 is 5.32 Å². The predicted octanol–water partition coefficient (Wildman–Crippen LogP) is 3.51. The van der Waals surface area contributed by atoms with Crippen molar-refractivity contribution in [3.05, 3.63) is 66.5 Å². The van der Waals surface area contributed by atoms with Crippen LogP contribution in [0, 0.1) is 0 Å². The molecule has 0 bridgehead atoms. The van der Waals surface area contributed by atoms with Crippen LogP contribution in [0.4, 0.5) is 0 Å². The maximum Gasteiger partial charge on any atom is 0.117 e. The van der Waals surface area contributed by atoms with Crippen molar-refractivity contribution in [3.8, 4) is 0 Å². The van der Waals surface area contributed by atoms with Crippen molar-refractivity contribution < 1.29 is 0 Å². The van der Waals surface area contributed by atoms with Crippen molar-refractivity contribution in [2.45, 2.75) is 11.6 Å². The first-order valence-electron chi connectivity index (χ1n) is 7.01. The number of thioether (sulfide) groups is 1. The lowest BCUT2D eigenvalue weighted by molar-refractivity contribution is 0.732. The Morgan fingerprint density at radius 2 is 1.71 bits per heavy atom. The average Bonchev–Trinajstić information content (AvgIpc) is 2.56. The standard InChI is InChI=1S/C17H17N3S/c1-2-6-14(7-3-1)12-18-10-11-21-17-15-8-4-5-9-16(15)19-13-20-17/h1-9,13,18H,10-12H2. The van der Waals surface area contributed by atoms with Gasteiger partial charge in [-0.05, 0) is 11.6 Å². The van der Waals surface area contributed by atoms with E-state index in [1.807, 2.05) is 24.3 Å². The Kier molecular flexibility index (Phi) is 4.82. The smallest absolute Gasteiger partial charge is 0.117 e. The van der Waals surface area contributed by atoms with Crippen LogP contribution in [0.3, 0.4) is 0 Å². The third-order valence-electron chi connectivity index (χ3n) is 3.20. The fourth-order valence-corrected chi connectivity index (χ4v) is 3.03. The highest BCUT2D eigenvalue weighted by Gasteiger charge is 2.03. The lowest BCUT2D eigenvalue weighted by atomic mass is 10.2. The molecule has 0 aliphatic heterocycles. The first-order valence-corrected chi connectivity index (χ1v) is 7.99. The minimum absolute atomic E-state index is 0.909. The fraction of sp³-hybridized carbons (Fsp3) is 0.176. The highest BCUT2D eigenvalue weighted by molar-refractivity contribution is 7.99. The summed E-state index contributed by atoms with van der Waals surface area (Å²) in [6.07, 6.45) is 1.64. The molecule has 0 amide bonds. The van der Waals surface area contributed by atoms with E-state index in [4.69, 9.17) is 0 Å². The van der Waals surface area contributed by atoms with Crippen molar-refractivity contribution in [2.24, 2.45) is 0 Å². The highest BCUT2D eigenvalue weighted by Crippen LogP contribution is 2.23. The minimum Gasteiger partial charge on any atom is -0.312 e. The van der Waals surface area contributed by atoms with Gasteiger partial charge in [-0.15, -0.1) is 11.8 Å². The van der Waals surface area contributed by atoms with Crippen LogP contribution in [-0.4, -0.2) is 22.3 Å². The molecule has 0 saturated carbocycles. The summed E-state index contributed by atoms with van der Waals surface area (Å²) in [5.74, 6) is 0.994. The molecular weight excluding hydrogens is 278 g/mol. The number of hydrogen-bond donors (Lipinski definition) is 1. The number of para-hydroxylation sites is 1. The number of fused-ring (bicyclic) bond motifs is 1. The normalized spacial score (nSPS) is 10.9. The summed E-state index contributed by atoms with van der Waals surface area (Å²) in [6, 6.07) is 18.6. The Labute approximate surface area is 128 Å². The summed E-state index contributed by atoms with van der Waals surface area (Å²) in [5.41, 5.74) is 2.32. The van der Waals surface area contributed by atoms with Gasteiger partial charge in [-0.3, -0.25) is 0 Å². The average molecular weight is 295 g/mol. The van der Waals surface area contributed by atoms with Gasteiger partial charge < -0.3 is 5.32 Å². The molecule has 0 radical (unpaired) electrons. The van der Waals surface area contributed by atoms with Crippen molar-refractivity contribution in [1.82, 2.24) is 15.3 Å². The van der Waals surface area contributed by atoms with Crippen LogP contribution in [0.25, 0.3) is 10.9 Å². The van der Waals surface area contributed by atoms with Crippen LogP contribution >= 0.6 is 11.8 Å². The zero-order valence-corrected chi connectivity index (χ0v) is 12.5. The minimum atomic E-state index is 0.909. The third kappa shape index (κ3) is 3.80. The molecule has 21 heavy (non-hydrogen) atoms. The zero-order valence-electron chi connectivity index (χ0n) is 11.7. The van der Waals surface area contributed by atoms with E-state index >= 15 is 0 Å². The second kappa shape index (κ2) is 7.20. The van der Waals surface area contributed by atoms with Gasteiger partial charge in [0.1, 0.15) is 11.4 Å². The summed E-state index contributed by atoms with van der Waals surface area (Å²) < 4.78 is 0. The van der Waals surface area contributed by atoms with Gasteiger partial charge >= 0.3 is 0 Å². The summed E-state index contributed by atoms with van der Waals surface area (Å²) in [4.78, 5) is 8.67. The molecule has 106 valence electrons. The second-order valence-corrected chi connectivity index (χ2v) is 5.79.